The molecule has 0 aromatic carbocycles. The molecule has 0 aliphatic heterocycles. The van der Waals surface area contributed by atoms with Crippen LogP contribution in [0, 0.1) is 5.41 Å². The monoisotopic (exact) mass is 192 g/mol. The molecule has 12 heavy (non-hydrogen) atoms. The lowest BCUT2D eigenvalue weighted by Gasteiger charge is -2.30. The van der Waals surface area contributed by atoms with Gasteiger partial charge in [-0.3, -0.25) is 0 Å². The van der Waals surface area contributed by atoms with Crippen molar-refractivity contribution in [3.63, 3.8) is 0 Å². The summed E-state index contributed by atoms with van der Waals surface area (Å²) in [5, 5.41) is 0. The summed E-state index contributed by atoms with van der Waals surface area (Å²) in [6, 6.07) is 0. The highest BCUT2D eigenvalue weighted by Gasteiger charge is 2.65. The van der Waals surface area contributed by atoms with Gasteiger partial charge in [-0.25, -0.2) is 0 Å². The third-order valence-corrected chi connectivity index (χ3v) is 1.59. The van der Waals surface area contributed by atoms with Crippen molar-refractivity contribution in [1.82, 2.24) is 0 Å². The number of alkyl halides is 6. The molecule has 0 fully saturated rings. The van der Waals surface area contributed by atoms with Gasteiger partial charge in [-0.15, -0.1) is 6.58 Å². The first kappa shape index (κ1) is 11.3. The number of rotatable bonds is 1. The third kappa shape index (κ3) is 1.56. The SMILES string of the molecule is C=CC(C)(C(F)(F)F)C(F)(F)F. The van der Waals surface area contributed by atoms with Crippen LogP contribution in [0.5, 0.6) is 0 Å². The van der Waals surface area contributed by atoms with Crippen LogP contribution in [-0.4, -0.2) is 12.4 Å². The Hall–Kier alpha value is -0.680. The molecule has 0 atom stereocenters. The lowest BCUT2D eigenvalue weighted by molar-refractivity contribution is -0.314. The van der Waals surface area contributed by atoms with E-state index >= 15 is 0 Å². The van der Waals surface area contributed by atoms with Crippen molar-refractivity contribution < 1.29 is 26.3 Å². The van der Waals surface area contributed by atoms with Gasteiger partial charge in [0.15, 0.2) is 5.41 Å². The molecule has 0 aromatic rings. The third-order valence-electron chi connectivity index (χ3n) is 1.59. The van der Waals surface area contributed by atoms with Crippen LogP contribution in [0.15, 0.2) is 12.7 Å². The Balaban J connectivity index is 5.09. The first-order valence-corrected chi connectivity index (χ1v) is 2.83. The molecule has 0 aromatic heterocycles. The van der Waals surface area contributed by atoms with E-state index in [2.05, 4.69) is 6.58 Å². The zero-order chi connectivity index (χ0) is 10.2. The molecular weight excluding hydrogens is 186 g/mol. The van der Waals surface area contributed by atoms with Crippen molar-refractivity contribution in [3.8, 4) is 0 Å². The van der Waals surface area contributed by atoms with Gasteiger partial charge in [0.2, 0.25) is 0 Å². The Kier molecular flexibility index (Phi) is 2.52. The lowest BCUT2D eigenvalue weighted by atomic mass is 9.89. The van der Waals surface area contributed by atoms with Crippen LogP contribution < -0.4 is 0 Å². The van der Waals surface area contributed by atoms with Crippen LogP contribution in [0.3, 0.4) is 0 Å². The first-order chi connectivity index (χ1) is 5.06. The van der Waals surface area contributed by atoms with Crippen LogP contribution in [0.4, 0.5) is 26.3 Å². The minimum absolute atomic E-state index is 0.0417. The van der Waals surface area contributed by atoms with Crippen LogP contribution in [0.1, 0.15) is 6.92 Å². The van der Waals surface area contributed by atoms with Gasteiger partial charge in [0.25, 0.3) is 0 Å². The van der Waals surface area contributed by atoms with Crippen molar-refractivity contribution in [2.24, 2.45) is 5.41 Å². The molecule has 0 amide bonds. The van der Waals surface area contributed by atoms with Crippen molar-refractivity contribution in [1.29, 1.82) is 0 Å². The topological polar surface area (TPSA) is 0 Å². The normalized spacial score (nSPS) is 14.6. The Morgan fingerprint density at radius 1 is 0.917 bits per heavy atom. The molecule has 0 saturated heterocycles. The molecule has 0 aliphatic rings. The molecule has 0 aliphatic carbocycles. The van der Waals surface area contributed by atoms with Crippen LogP contribution in [0.25, 0.3) is 0 Å². The Bertz CT molecular complexity index is 159. The molecule has 0 heterocycles. The van der Waals surface area contributed by atoms with Gasteiger partial charge in [-0.2, -0.15) is 26.3 Å². The number of hydrogen-bond donors (Lipinski definition) is 0. The molecule has 0 N–H and O–H groups in total. The molecule has 0 unspecified atom stereocenters. The highest BCUT2D eigenvalue weighted by molar-refractivity contribution is 5.02. The predicted molar refractivity (Wildman–Crippen MR) is 30.4 cm³/mol. The smallest absolute Gasteiger partial charge is 0.170 e. The second-order valence-corrected chi connectivity index (χ2v) is 2.40. The zero-order valence-corrected chi connectivity index (χ0v) is 6.05. The van der Waals surface area contributed by atoms with Crippen molar-refractivity contribution in [2.45, 2.75) is 19.3 Å². The van der Waals surface area contributed by atoms with Gasteiger partial charge in [0, 0.05) is 0 Å². The Labute approximate surface area is 64.9 Å². The maximum absolute atomic E-state index is 11.8. The van der Waals surface area contributed by atoms with Gasteiger partial charge >= 0.3 is 12.4 Å². The minimum Gasteiger partial charge on any atom is -0.170 e. The predicted octanol–water partition coefficient (Wildman–Crippen LogP) is 3.30. The van der Waals surface area contributed by atoms with Crippen LogP contribution >= 0.6 is 0 Å². The second-order valence-electron chi connectivity index (χ2n) is 2.40. The number of halogens is 6. The summed E-state index contributed by atoms with van der Waals surface area (Å²) in [6.07, 6.45) is -10.9. The van der Waals surface area contributed by atoms with E-state index in [9.17, 15) is 26.3 Å². The fourth-order valence-corrected chi connectivity index (χ4v) is 0.392. The summed E-state index contributed by atoms with van der Waals surface area (Å²) >= 11 is 0. The largest absolute Gasteiger partial charge is 0.406 e. The highest BCUT2D eigenvalue weighted by Crippen LogP contribution is 2.50. The average molecular weight is 192 g/mol. The highest BCUT2D eigenvalue weighted by atomic mass is 19.4. The fourth-order valence-electron chi connectivity index (χ4n) is 0.392. The first-order valence-electron chi connectivity index (χ1n) is 2.83. The van der Waals surface area contributed by atoms with E-state index < -0.39 is 17.8 Å². The zero-order valence-electron chi connectivity index (χ0n) is 6.05. The van der Waals surface area contributed by atoms with E-state index in [0.29, 0.717) is 0 Å². The summed E-state index contributed by atoms with van der Waals surface area (Å²) < 4.78 is 70.9. The summed E-state index contributed by atoms with van der Waals surface area (Å²) in [5.41, 5.74) is -3.82. The molecule has 0 spiro atoms. The Morgan fingerprint density at radius 2 is 1.17 bits per heavy atom. The van der Waals surface area contributed by atoms with E-state index in [1.54, 1.807) is 0 Å². The Morgan fingerprint density at radius 3 is 1.17 bits per heavy atom. The average Bonchev–Trinajstić information content (AvgIpc) is 1.81. The van der Waals surface area contributed by atoms with Gasteiger partial charge in [0.1, 0.15) is 0 Å². The molecule has 0 radical (unpaired) electrons. The molecule has 0 nitrogen and oxygen atoms in total. The van der Waals surface area contributed by atoms with E-state index in [-0.39, 0.29) is 13.0 Å². The van der Waals surface area contributed by atoms with Gasteiger partial charge in [-0.05, 0) is 6.92 Å². The van der Waals surface area contributed by atoms with E-state index in [1.807, 2.05) is 0 Å². The number of hydrogen-bond acceptors (Lipinski definition) is 0. The molecule has 0 rings (SSSR count). The summed E-state index contributed by atoms with van der Waals surface area (Å²) in [4.78, 5) is 0. The van der Waals surface area contributed by atoms with Gasteiger partial charge in [-0.1, -0.05) is 6.08 Å². The molecule has 0 bridgehead atoms. The molecule has 0 saturated carbocycles. The van der Waals surface area contributed by atoms with Gasteiger partial charge in [0.05, 0.1) is 0 Å². The van der Waals surface area contributed by atoms with Crippen molar-refractivity contribution >= 4 is 0 Å². The van der Waals surface area contributed by atoms with E-state index in [4.69, 9.17) is 0 Å². The maximum Gasteiger partial charge on any atom is 0.406 e. The maximum atomic E-state index is 11.8. The molecule has 72 valence electrons. The standard InChI is InChI=1S/C6H6F6/c1-3-4(2,5(7,8)9)6(10,11)12/h3H,1H2,2H3. The van der Waals surface area contributed by atoms with Crippen molar-refractivity contribution in [3.05, 3.63) is 12.7 Å². The van der Waals surface area contributed by atoms with Crippen molar-refractivity contribution in [2.75, 3.05) is 0 Å². The number of allylic oxidation sites excluding steroid dienone is 1. The lowest BCUT2D eigenvalue weighted by Crippen LogP contribution is -2.45. The summed E-state index contributed by atoms with van der Waals surface area (Å²) in [7, 11) is 0. The van der Waals surface area contributed by atoms with E-state index in [0.717, 1.165) is 0 Å². The molecule has 6 heteroatoms. The van der Waals surface area contributed by atoms with Crippen LogP contribution in [0.2, 0.25) is 0 Å². The molecular formula is C6H6F6. The minimum atomic E-state index is -5.35. The van der Waals surface area contributed by atoms with Gasteiger partial charge < -0.3 is 0 Å². The fraction of sp³-hybridized carbons (Fsp3) is 0.667. The van der Waals surface area contributed by atoms with E-state index in [1.165, 1.54) is 0 Å². The van der Waals surface area contributed by atoms with Crippen LogP contribution in [-0.2, 0) is 0 Å². The summed E-state index contributed by atoms with van der Waals surface area (Å²) in [5.74, 6) is 0. The quantitative estimate of drug-likeness (QED) is 0.441. The second kappa shape index (κ2) is 2.67. The summed E-state index contributed by atoms with van der Waals surface area (Å²) in [6.45, 7) is 2.57.